The van der Waals surface area contributed by atoms with Gasteiger partial charge in [0.1, 0.15) is 6.04 Å². The first-order chi connectivity index (χ1) is 8.65. The number of halogens is 1. The normalized spacial score (nSPS) is 23.6. The van der Waals surface area contributed by atoms with Gasteiger partial charge in [0.05, 0.1) is 33.5 Å². The zero-order valence-electron chi connectivity index (χ0n) is 11.2. The Labute approximate surface area is 117 Å². The van der Waals surface area contributed by atoms with Gasteiger partial charge in [-0.3, -0.25) is 5.84 Å². The molecule has 0 aliphatic carbocycles. The summed E-state index contributed by atoms with van der Waals surface area (Å²) in [7, 11) is 3.00. The second kappa shape index (κ2) is 6.80. The number of hydrogen-bond donors (Lipinski definition) is 1. The summed E-state index contributed by atoms with van der Waals surface area (Å²) < 4.78 is 15.7. The molecule has 1 fully saturated rings. The zero-order valence-corrected chi connectivity index (χ0v) is 11.9. The molecule has 1 aliphatic rings. The van der Waals surface area contributed by atoms with Crippen LogP contribution in [0.25, 0.3) is 0 Å². The van der Waals surface area contributed by atoms with Crippen molar-refractivity contribution in [3.63, 3.8) is 0 Å². The third-order valence-electron chi connectivity index (χ3n) is 2.84. The zero-order chi connectivity index (χ0) is 13.1. The smallest absolute Gasteiger partial charge is 0.322 e. The Morgan fingerprint density at radius 2 is 1.79 bits per heavy atom. The average molecular weight is 292 g/mol. The van der Waals surface area contributed by atoms with E-state index in [2.05, 4.69) is 20.8 Å². The Bertz CT molecular complexity index is 390. The van der Waals surface area contributed by atoms with Crippen LogP contribution < -0.4 is 27.7 Å². The van der Waals surface area contributed by atoms with Gasteiger partial charge in [-0.1, -0.05) is 0 Å². The molecule has 1 saturated heterocycles. The fourth-order valence-electron chi connectivity index (χ4n) is 1.92. The quantitative estimate of drug-likeness (QED) is 0.603. The second-order valence-corrected chi connectivity index (χ2v) is 4.00. The van der Waals surface area contributed by atoms with Gasteiger partial charge in [0.15, 0.2) is 5.82 Å². The Balaban J connectivity index is 0.00000180. The van der Waals surface area contributed by atoms with Crippen LogP contribution in [-0.4, -0.2) is 53.4 Å². The van der Waals surface area contributed by atoms with Gasteiger partial charge in [-0.15, -0.1) is 9.99 Å². The number of methoxy groups -OCH3 is 2. The molecule has 2 rings (SSSR count). The van der Waals surface area contributed by atoms with Crippen molar-refractivity contribution in [3.05, 3.63) is 5.82 Å². The third kappa shape index (κ3) is 3.41. The summed E-state index contributed by atoms with van der Waals surface area (Å²) in [6.45, 7) is 3.34. The topological polar surface area (TPSA) is 97.2 Å². The monoisotopic (exact) mass is 291 g/mol. The van der Waals surface area contributed by atoms with Crippen LogP contribution >= 0.6 is 0 Å². The molecule has 2 unspecified atom stereocenters. The van der Waals surface area contributed by atoms with E-state index < -0.39 is 0 Å². The fraction of sp³-hybridized carbons (Fsp3) is 0.700. The van der Waals surface area contributed by atoms with Crippen molar-refractivity contribution < 1.29 is 32.5 Å². The van der Waals surface area contributed by atoms with Gasteiger partial charge in [-0.05, 0) is 6.92 Å². The van der Waals surface area contributed by atoms with E-state index in [1.165, 1.54) is 14.2 Å². The summed E-state index contributed by atoms with van der Waals surface area (Å²) in [4.78, 5) is 12.4. The van der Waals surface area contributed by atoms with Gasteiger partial charge in [-0.2, -0.15) is 9.97 Å². The van der Waals surface area contributed by atoms with Crippen molar-refractivity contribution in [2.24, 2.45) is 0 Å². The standard InChI is InChI=1S/C10H17N5O3.ClH/c1-6-7(15(11)4-5-18-6)8-12-9(16-2)14-10(13-8)17-3;/h6-7H,4-5,11H2,1-3H3;1H. The molecule has 1 aliphatic heterocycles. The molecule has 8 nitrogen and oxygen atoms in total. The molecule has 0 aromatic carbocycles. The molecule has 19 heavy (non-hydrogen) atoms. The molecule has 0 amide bonds. The largest absolute Gasteiger partial charge is 1.00 e. The fourth-order valence-corrected chi connectivity index (χ4v) is 1.92. The molecule has 108 valence electrons. The van der Waals surface area contributed by atoms with Crippen LogP contribution in [0.4, 0.5) is 0 Å². The number of quaternary nitrogens is 1. The minimum Gasteiger partial charge on any atom is -1.00 e. The highest BCUT2D eigenvalue weighted by molar-refractivity contribution is 5.09. The minimum atomic E-state index is -0.135. The first-order valence-electron chi connectivity index (χ1n) is 5.68. The molecule has 0 saturated carbocycles. The summed E-state index contributed by atoms with van der Waals surface area (Å²) >= 11 is 0. The number of aromatic nitrogens is 3. The van der Waals surface area contributed by atoms with Crippen LogP contribution in [0.2, 0.25) is 0 Å². The van der Waals surface area contributed by atoms with Crippen LogP contribution in [0.1, 0.15) is 18.8 Å². The molecule has 9 heteroatoms. The van der Waals surface area contributed by atoms with Crippen molar-refractivity contribution in [1.29, 1.82) is 0 Å². The van der Waals surface area contributed by atoms with E-state index in [1.54, 1.807) is 0 Å². The molecular formula is C10H18ClN5O3. The van der Waals surface area contributed by atoms with Crippen LogP contribution in [0.15, 0.2) is 0 Å². The summed E-state index contributed by atoms with van der Waals surface area (Å²) in [6, 6.07) is 0.315. The third-order valence-corrected chi connectivity index (χ3v) is 2.84. The lowest BCUT2D eigenvalue weighted by Crippen LogP contribution is -3.00. The number of nitrogens with zero attached hydrogens (tertiary/aromatic N) is 4. The summed E-state index contributed by atoms with van der Waals surface area (Å²) in [6.07, 6.45) is -0.0481. The average Bonchev–Trinajstić information content (AvgIpc) is 2.38. The number of hydrogen-bond acceptors (Lipinski definition) is 7. The predicted molar refractivity (Wildman–Crippen MR) is 60.7 cm³/mol. The van der Waals surface area contributed by atoms with Crippen molar-refractivity contribution in [2.45, 2.75) is 19.1 Å². The first-order valence-corrected chi connectivity index (χ1v) is 5.68. The Kier molecular flexibility index (Phi) is 5.67. The lowest BCUT2D eigenvalue weighted by molar-refractivity contribution is -0.598. The van der Waals surface area contributed by atoms with Gasteiger partial charge >= 0.3 is 12.0 Å². The van der Waals surface area contributed by atoms with Gasteiger partial charge in [0.2, 0.25) is 0 Å². The summed E-state index contributed by atoms with van der Waals surface area (Å²) in [5.74, 6) is 4.53. The predicted octanol–water partition coefficient (Wildman–Crippen LogP) is -4.19. The Morgan fingerprint density at radius 1 is 1.21 bits per heavy atom. The van der Waals surface area contributed by atoms with E-state index in [4.69, 9.17) is 14.2 Å². The van der Waals surface area contributed by atoms with E-state index in [9.17, 15) is 0 Å². The maximum absolute atomic E-state index is 5.60. The molecule has 0 bridgehead atoms. The molecule has 2 atom stereocenters. The van der Waals surface area contributed by atoms with Gasteiger partial charge in [0, 0.05) is 0 Å². The first kappa shape index (κ1) is 15.8. The van der Waals surface area contributed by atoms with E-state index in [0.717, 1.165) is 6.54 Å². The maximum atomic E-state index is 5.60. The van der Waals surface area contributed by atoms with Gasteiger partial charge < -0.3 is 26.6 Å². The van der Waals surface area contributed by atoms with Crippen LogP contribution in [0, 0.1) is 0 Å². The SMILES string of the molecule is COc1nc(OC)nc(C2C(C)OCCN2[NH3+])n1.[Cl-]. The maximum Gasteiger partial charge on any atom is 0.322 e. The van der Waals surface area contributed by atoms with E-state index >= 15 is 0 Å². The van der Waals surface area contributed by atoms with Crippen molar-refractivity contribution in [1.82, 2.24) is 20.0 Å². The minimum absolute atomic E-state index is 0. The molecule has 3 N–H and O–H groups in total. The Hall–Kier alpha value is -1.22. The van der Waals surface area contributed by atoms with Crippen LogP contribution in [-0.2, 0) is 4.74 Å². The van der Waals surface area contributed by atoms with Crippen molar-refractivity contribution >= 4 is 0 Å². The van der Waals surface area contributed by atoms with E-state index in [0.29, 0.717) is 12.4 Å². The highest BCUT2D eigenvalue weighted by Crippen LogP contribution is 2.25. The molecule has 1 aromatic heterocycles. The Morgan fingerprint density at radius 3 is 2.26 bits per heavy atom. The number of morpholine rings is 1. The second-order valence-electron chi connectivity index (χ2n) is 4.00. The molecule has 0 radical (unpaired) electrons. The van der Waals surface area contributed by atoms with Gasteiger partial charge in [-0.25, -0.2) is 0 Å². The van der Waals surface area contributed by atoms with Crippen LogP contribution in [0.3, 0.4) is 0 Å². The van der Waals surface area contributed by atoms with Crippen molar-refractivity contribution in [2.75, 3.05) is 27.4 Å². The number of ether oxygens (including phenoxy) is 3. The summed E-state index contributed by atoms with van der Waals surface area (Å²) in [5.41, 5.74) is 0. The molecular weight excluding hydrogens is 274 g/mol. The molecule has 2 heterocycles. The molecule has 1 aromatic rings. The lowest BCUT2D eigenvalue weighted by Gasteiger charge is -2.32. The van der Waals surface area contributed by atoms with E-state index in [1.807, 2.05) is 11.9 Å². The van der Waals surface area contributed by atoms with E-state index in [-0.39, 0.29) is 36.6 Å². The summed E-state index contributed by atoms with van der Waals surface area (Å²) in [5, 5.41) is 1.91. The number of rotatable bonds is 3. The van der Waals surface area contributed by atoms with Crippen molar-refractivity contribution in [3.8, 4) is 12.0 Å². The lowest BCUT2D eigenvalue weighted by atomic mass is 10.1. The highest BCUT2D eigenvalue weighted by Gasteiger charge is 2.34. The molecule has 0 spiro atoms. The van der Waals surface area contributed by atoms with Gasteiger partial charge in [0.25, 0.3) is 0 Å². The van der Waals surface area contributed by atoms with Crippen LogP contribution in [0.5, 0.6) is 12.0 Å². The highest BCUT2D eigenvalue weighted by atomic mass is 35.5.